The largest absolute Gasteiger partial charge is 0.461 e. The molecule has 0 spiro atoms. The highest BCUT2D eigenvalue weighted by Crippen LogP contribution is 2.30. The first-order chi connectivity index (χ1) is 11.6. The second kappa shape index (κ2) is 7.53. The highest BCUT2D eigenvalue weighted by atomic mass is 32.2. The molecule has 2 aromatic heterocycles. The average Bonchev–Trinajstić information content (AvgIpc) is 3.11. The van der Waals surface area contributed by atoms with Crippen molar-refractivity contribution in [3.8, 4) is 11.3 Å². The summed E-state index contributed by atoms with van der Waals surface area (Å²) in [7, 11) is 0. The molecule has 3 aromatic rings. The molecule has 0 aliphatic rings. The van der Waals surface area contributed by atoms with E-state index in [2.05, 4.69) is 24.9 Å². The quantitative estimate of drug-likeness (QED) is 0.499. The monoisotopic (exact) mass is 361 g/mol. The van der Waals surface area contributed by atoms with Gasteiger partial charge in [0.05, 0.1) is 5.69 Å². The number of nitrogens with zero attached hydrogens (tertiary/aromatic N) is 1. The van der Waals surface area contributed by atoms with Gasteiger partial charge in [0.25, 0.3) is 0 Å². The number of furan rings is 1. The van der Waals surface area contributed by atoms with Crippen molar-refractivity contribution in [2.75, 3.05) is 5.75 Å². The van der Waals surface area contributed by atoms with Crippen molar-refractivity contribution < 1.29 is 8.81 Å². The number of thiazole rings is 1. The molecule has 24 heavy (non-hydrogen) atoms. The fraction of sp³-hybridized carbons (Fsp3) is 0.316. The maximum Gasteiger partial charge on any atom is 0.150 e. The summed E-state index contributed by atoms with van der Waals surface area (Å²) in [6.07, 6.45) is 1.98. The summed E-state index contributed by atoms with van der Waals surface area (Å²) in [5, 5.41) is 0. The summed E-state index contributed by atoms with van der Waals surface area (Å²) in [5.74, 6) is 2.47. The lowest BCUT2D eigenvalue weighted by Crippen LogP contribution is -1.88. The van der Waals surface area contributed by atoms with E-state index >= 15 is 0 Å². The number of thioether (sulfide) groups is 1. The van der Waals surface area contributed by atoms with E-state index in [0.29, 0.717) is 0 Å². The Morgan fingerprint density at radius 3 is 2.62 bits per heavy atom. The second-order valence-electron chi connectivity index (χ2n) is 5.64. The fourth-order valence-electron chi connectivity index (χ4n) is 2.56. The third-order valence-corrected chi connectivity index (χ3v) is 6.39. The standard InChI is InChI=1S/C19H20FNOS2/c1-4-18-12(2)21-19(24-18)23-10-9-15-11-17(22-13(15)3)14-5-7-16(20)8-6-14/h5-8,11H,4,9-10H2,1-3H3. The van der Waals surface area contributed by atoms with Crippen LogP contribution in [0.4, 0.5) is 4.39 Å². The molecule has 0 unspecified atom stereocenters. The van der Waals surface area contributed by atoms with E-state index in [9.17, 15) is 4.39 Å². The molecule has 0 atom stereocenters. The van der Waals surface area contributed by atoms with E-state index in [-0.39, 0.29) is 5.82 Å². The minimum atomic E-state index is -0.233. The first kappa shape index (κ1) is 17.2. The maximum absolute atomic E-state index is 13.0. The fourth-order valence-corrected chi connectivity index (χ4v) is 4.78. The summed E-state index contributed by atoms with van der Waals surface area (Å²) >= 11 is 3.59. The van der Waals surface area contributed by atoms with Crippen LogP contribution >= 0.6 is 23.1 Å². The SMILES string of the molecule is CCc1sc(SCCc2cc(-c3ccc(F)cc3)oc2C)nc1C. The van der Waals surface area contributed by atoms with Crippen molar-refractivity contribution in [1.82, 2.24) is 4.98 Å². The van der Waals surface area contributed by atoms with E-state index < -0.39 is 0 Å². The van der Waals surface area contributed by atoms with Crippen LogP contribution in [0.15, 0.2) is 39.1 Å². The van der Waals surface area contributed by atoms with Crippen molar-refractivity contribution in [3.63, 3.8) is 0 Å². The van der Waals surface area contributed by atoms with Gasteiger partial charge in [-0.1, -0.05) is 18.7 Å². The molecule has 1 aromatic carbocycles. The Hall–Kier alpha value is -1.59. The molecular weight excluding hydrogens is 341 g/mol. The Bertz CT molecular complexity index is 821. The van der Waals surface area contributed by atoms with Gasteiger partial charge in [-0.3, -0.25) is 0 Å². The number of benzene rings is 1. The zero-order valence-corrected chi connectivity index (χ0v) is 15.7. The minimum absolute atomic E-state index is 0.233. The molecule has 0 aliphatic heterocycles. The summed E-state index contributed by atoms with van der Waals surface area (Å²) in [5.41, 5.74) is 3.26. The van der Waals surface area contributed by atoms with Crippen LogP contribution in [-0.2, 0) is 12.8 Å². The molecule has 2 heterocycles. The van der Waals surface area contributed by atoms with Crippen LogP contribution in [0, 0.1) is 19.7 Å². The Morgan fingerprint density at radius 1 is 1.21 bits per heavy atom. The smallest absolute Gasteiger partial charge is 0.150 e. The van der Waals surface area contributed by atoms with Crippen LogP contribution < -0.4 is 0 Å². The maximum atomic E-state index is 13.0. The topological polar surface area (TPSA) is 26.0 Å². The third-order valence-electron chi connectivity index (χ3n) is 3.94. The molecule has 0 radical (unpaired) electrons. The van der Waals surface area contributed by atoms with E-state index in [4.69, 9.17) is 4.42 Å². The van der Waals surface area contributed by atoms with Crippen LogP contribution in [0.1, 0.15) is 28.8 Å². The summed E-state index contributed by atoms with van der Waals surface area (Å²) in [4.78, 5) is 5.99. The highest BCUT2D eigenvalue weighted by Gasteiger charge is 2.11. The average molecular weight is 362 g/mol. The van der Waals surface area contributed by atoms with Crippen molar-refractivity contribution >= 4 is 23.1 Å². The van der Waals surface area contributed by atoms with E-state index in [1.165, 1.54) is 22.6 Å². The van der Waals surface area contributed by atoms with Gasteiger partial charge in [0.1, 0.15) is 21.7 Å². The molecule has 126 valence electrons. The van der Waals surface area contributed by atoms with Crippen molar-refractivity contribution in [2.45, 2.75) is 38.0 Å². The molecule has 0 N–H and O–H groups in total. The highest BCUT2D eigenvalue weighted by molar-refractivity contribution is 8.01. The van der Waals surface area contributed by atoms with Crippen molar-refractivity contribution in [2.24, 2.45) is 0 Å². The Balaban J connectivity index is 1.64. The molecule has 5 heteroatoms. The Morgan fingerprint density at radius 2 is 1.96 bits per heavy atom. The van der Waals surface area contributed by atoms with Gasteiger partial charge < -0.3 is 4.42 Å². The van der Waals surface area contributed by atoms with Gasteiger partial charge in [0.15, 0.2) is 0 Å². The van der Waals surface area contributed by atoms with Gasteiger partial charge in [0.2, 0.25) is 0 Å². The number of halogens is 1. The van der Waals surface area contributed by atoms with Crippen molar-refractivity contribution in [3.05, 3.63) is 58.0 Å². The first-order valence-electron chi connectivity index (χ1n) is 8.01. The minimum Gasteiger partial charge on any atom is -0.461 e. The lowest BCUT2D eigenvalue weighted by atomic mass is 10.1. The lowest BCUT2D eigenvalue weighted by molar-refractivity contribution is 0.544. The van der Waals surface area contributed by atoms with Crippen LogP contribution in [0.25, 0.3) is 11.3 Å². The Kier molecular flexibility index (Phi) is 5.41. The first-order valence-corrected chi connectivity index (χ1v) is 9.81. The molecule has 2 nitrogen and oxygen atoms in total. The molecule has 0 bridgehead atoms. The molecular formula is C19H20FNOS2. The van der Waals surface area contributed by atoms with E-state index in [1.807, 2.05) is 6.92 Å². The van der Waals surface area contributed by atoms with Gasteiger partial charge >= 0.3 is 0 Å². The zero-order chi connectivity index (χ0) is 17.1. The predicted octanol–water partition coefficient (Wildman–Crippen LogP) is 6.06. The van der Waals surface area contributed by atoms with E-state index in [1.54, 1.807) is 35.2 Å². The summed E-state index contributed by atoms with van der Waals surface area (Å²) in [6, 6.07) is 8.47. The van der Waals surface area contributed by atoms with Gasteiger partial charge in [-0.2, -0.15) is 0 Å². The number of aromatic nitrogens is 1. The molecule has 0 saturated heterocycles. The van der Waals surface area contributed by atoms with Crippen LogP contribution in [-0.4, -0.2) is 10.7 Å². The molecule has 0 amide bonds. The van der Waals surface area contributed by atoms with Gasteiger partial charge in [-0.15, -0.1) is 11.3 Å². The Labute approximate surface area is 150 Å². The number of hydrogen-bond acceptors (Lipinski definition) is 4. The molecule has 0 fully saturated rings. The normalized spacial score (nSPS) is 11.2. The second-order valence-corrected chi connectivity index (χ2v) is 8.07. The number of rotatable bonds is 6. The molecule has 3 rings (SSSR count). The lowest BCUT2D eigenvalue weighted by Gasteiger charge is -1.97. The third kappa shape index (κ3) is 3.90. The van der Waals surface area contributed by atoms with Gasteiger partial charge in [-0.05, 0) is 62.6 Å². The van der Waals surface area contributed by atoms with Crippen LogP contribution in [0.2, 0.25) is 0 Å². The van der Waals surface area contributed by atoms with Crippen LogP contribution in [0.5, 0.6) is 0 Å². The van der Waals surface area contributed by atoms with Gasteiger partial charge in [0, 0.05) is 16.2 Å². The predicted molar refractivity (Wildman–Crippen MR) is 99.5 cm³/mol. The summed E-state index contributed by atoms with van der Waals surface area (Å²) in [6.45, 7) is 6.23. The molecule has 0 aliphatic carbocycles. The van der Waals surface area contributed by atoms with Crippen LogP contribution in [0.3, 0.4) is 0 Å². The van der Waals surface area contributed by atoms with E-state index in [0.717, 1.165) is 45.7 Å². The van der Waals surface area contributed by atoms with Gasteiger partial charge in [-0.25, -0.2) is 9.37 Å². The molecule has 0 saturated carbocycles. The number of hydrogen-bond donors (Lipinski definition) is 0. The summed E-state index contributed by atoms with van der Waals surface area (Å²) < 4.78 is 20.0. The zero-order valence-electron chi connectivity index (χ0n) is 14.1. The van der Waals surface area contributed by atoms with Crippen molar-refractivity contribution in [1.29, 1.82) is 0 Å². The number of aryl methyl sites for hydroxylation is 4.